The Morgan fingerprint density at radius 2 is 1.72 bits per heavy atom. The van der Waals surface area contributed by atoms with Crippen molar-refractivity contribution in [3.63, 3.8) is 0 Å². The van der Waals surface area contributed by atoms with E-state index in [0.29, 0.717) is 5.02 Å². The van der Waals surface area contributed by atoms with Gasteiger partial charge in [-0.3, -0.25) is 0 Å². The summed E-state index contributed by atoms with van der Waals surface area (Å²) in [4.78, 5) is 0. The van der Waals surface area contributed by atoms with Gasteiger partial charge < -0.3 is 0 Å². The molecule has 18 heavy (non-hydrogen) atoms. The van der Waals surface area contributed by atoms with Crippen molar-refractivity contribution in [1.29, 1.82) is 0 Å². The Balaban J connectivity index is 2.50. The summed E-state index contributed by atoms with van der Waals surface area (Å²) in [6.07, 6.45) is 0. The number of hydrogen-bond donors (Lipinski definition) is 0. The van der Waals surface area contributed by atoms with E-state index < -0.39 is 0 Å². The van der Waals surface area contributed by atoms with Crippen LogP contribution in [-0.2, 0) is 0 Å². The van der Waals surface area contributed by atoms with Crippen LogP contribution in [0.3, 0.4) is 0 Å². The third kappa shape index (κ3) is 3.11. The fraction of sp³-hybridized carbons (Fsp3) is 0.143. The lowest BCUT2D eigenvalue weighted by Crippen LogP contribution is -1.97. The van der Waals surface area contributed by atoms with E-state index in [1.165, 1.54) is 0 Å². The Morgan fingerprint density at radius 3 is 2.44 bits per heavy atom. The van der Waals surface area contributed by atoms with Crippen molar-refractivity contribution in [2.24, 2.45) is 0 Å². The van der Waals surface area contributed by atoms with Crippen LogP contribution in [0.5, 0.6) is 0 Å². The number of benzene rings is 2. The molecule has 0 aliphatic heterocycles. The van der Waals surface area contributed by atoms with E-state index in [2.05, 4.69) is 31.9 Å². The SMILES string of the molecule is Cc1ccc(Cl)cc1C(Cl)c1cc(Br)ccc1Br. The minimum atomic E-state index is -0.226. The fourth-order valence-corrected chi connectivity index (χ4v) is 3.34. The van der Waals surface area contributed by atoms with Gasteiger partial charge in [-0.05, 0) is 53.9 Å². The number of alkyl halides is 1. The van der Waals surface area contributed by atoms with Crippen molar-refractivity contribution in [2.75, 3.05) is 0 Å². The summed E-state index contributed by atoms with van der Waals surface area (Å²) >= 11 is 19.6. The van der Waals surface area contributed by atoms with Crippen molar-refractivity contribution in [1.82, 2.24) is 0 Å². The van der Waals surface area contributed by atoms with Crippen molar-refractivity contribution >= 4 is 55.1 Å². The van der Waals surface area contributed by atoms with Gasteiger partial charge in [0, 0.05) is 14.0 Å². The highest BCUT2D eigenvalue weighted by Gasteiger charge is 2.16. The summed E-state index contributed by atoms with van der Waals surface area (Å²) in [6, 6.07) is 11.7. The highest BCUT2D eigenvalue weighted by atomic mass is 79.9. The van der Waals surface area contributed by atoms with Crippen LogP contribution in [0.25, 0.3) is 0 Å². The molecule has 4 heteroatoms. The average Bonchev–Trinajstić information content (AvgIpc) is 2.34. The molecule has 0 aliphatic rings. The molecule has 0 amide bonds. The molecule has 0 aliphatic carbocycles. The minimum absolute atomic E-state index is 0.226. The van der Waals surface area contributed by atoms with Gasteiger partial charge in [0.15, 0.2) is 0 Å². The first kappa shape index (κ1) is 14.4. The molecule has 0 N–H and O–H groups in total. The molecule has 2 rings (SSSR count). The van der Waals surface area contributed by atoms with Gasteiger partial charge in [-0.1, -0.05) is 49.5 Å². The molecular formula is C14H10Br2Cl2. The topological polar surface area (TPSA) is 0 Å². The smallest absolute Gasteiger partial charge is 0.0849 e. The second-order valence-electron chi connectivity index (χ2n) is 4.03. The van der Waals surface area contributed by atoms with Gasteiger partial charge in [0.25, 0.3) is 0 Å². The molecule has 0 saturated carbocycles. The summed E-state index contributed by atoms with van der Waals surface area (Å²) in [6.45, 7) is 2.03. The van der Waals surface area contributed by atoms with E-state index in [0.717, 1.165) is 25.6 Å². The molecule has 2 aromatic rings. The molecule has 0 aromatic heterocycles. The Kier molecular flexibility index (Phi) is 4.76. The van der Waals surface area contributed by atoms with Crippen LogP contribution < -0.4 is 0 Å². The zero-order valence-corrected chi connectivity index (χ0v) is 14.2. The van der Waals surface area contributed by atoms with E-state index in [-0.39, 0.29) is 5.38 Å². The highest BCUT2D eigenvalue weighted by Crippen LogP contribution is 2.37. The summed E-state index contributed by atoms with van der Waals surface area (Å²) in [5.74, 6) is 0. The average molecular weight is 409 g/mol. The maximum atomic E-state index is 6.58. The van der Waals surface area contributed by atoms with Gasteiger partial charge in [-0.15, -0.1) is 11.6 Å². The Labute approximate surface area is 134 Å². The van der Waals surface area contributed by atoms with Crippen LogP contribution in [0.4, 0.5) is 0 Å². The van der Waals surface area contributed by atoms with Gasteiger partial charge in [0.1, 0.15) is 0 Å². The quantitative estimate of drug-likeness (QED) is 0.497. The first-order valence-electron chi connectivity index (χ1n) is 5.34. The highest BCUT2D eigenvalue weighted by molar-refractivity contribution is 9.11. The van der Waals surface area contributed by atoms with Crippen LogP contribution in [0.1, 0.15) is 22.1 Å². The third-order valence-corrected chi connectivity index (χ3v) is 4.67. The number of rotatable bonds is 2. The summed E-state index contributed by atoms with van der Waals surface area (Å²) in [5, 5.41) is 0.475. The van der Waals surface area contributed by atoms with Gasteiger partial charge >= 0.3 is 0 Å². The van der Waals surface area contributed by atoms with Crippen LogP contribution in [0.15, 0.2) is 45.3 Å². The predicted molar refractivity (Wildman–Crippen MR) is 85.7 cm³/mol. The number of hydrogen-bond acceptors (Lipinski definition) is 0. The van der Waals surface area contributed by atoms with E-state index in [4.69, 9.17) is 23.2 Å². The third-order valence-electron chi connectivity index (χ3n) is 2.75. The minimum Gasteiger partial charge on any atom is -0.113 e. The summed E-state index contributed by atoms with van der Waals surface area (Å²) in [5.41, 5.74) is 3.19. The van der Waals surface area contributed by atoms with Crippen molar-refractivity contribution < 1.29 is 0 Å². The molecule has 1 unspecified atom stereocenters. The molecule has 2 aromatic carbocycles. The maximum absolute atomic E-state index is 6.58. The van der Waals surface area contributed by atoms with Gasteiger partial charge in [-0.2, -0.15) is 0 Å². The van der Waals surface area contributed by atoms with E-state index >= 15 is 0 Å². The number of aryl methyl sites for hydroxylation is 1. The lowest BCUT2D eigenvalue weighted by molar-refractivity contribution is 1.10. The van der Waals surface area contributed by atoms with Crippen LogP contribution in [0.2, 0.25) is 5.02 Å². The zero-order chi connectivity index (χ0) is 13.3. The van der Waals surface area contributed by atoms with Gasteiger partial charge in [0.05, 0.1) is 5.38 Å². The van der Waals surface area contributed by atoms with E-state index in [9.17, 15) is 0 Å². The largest absolute Gasteiger partial charge is 0.113 e. The normalized spacial score (nSPS) is 12.5. The molecule has 0 fully saturated rings. The molecule has 0 nitrogen and oxygen atoms in total. The molecule has 0 heterocycles. The Morgan fingerprint density at radius 1 is 1.00 bits per heavy atom. The second kappa shape index (κ2) is 5.96. The lowest BCUT2D eigenvalue weighted by Gasteiger charge is -2.15. The molecule has 0 spiro atoms. The predicted octanol–water partition coefficient (Wildman–Crippen LogP) is 6.50. The Bertz CT molecular complexity index is 531. The standard InChI is InChI=1S/C14H10Br2Cl2/c1-8-2-4-10(17)7-11(8)14(18)12-6-9(15)3-5-13(12)16/h2-7,14H,1H3. The zero-order valence-electron chi connectivity index (χ0n) is 9.55. The molecular weight excluding hydrogens is 399 g/mol. The first-order chi connectivity index (χ1) is 8.49. The second-order valence-corrected chi connectivity index (χ2v) is 6.67. The van der Waals surface area contributed by atoms with Gasteiger partial charge in [0.2, 0.25) is 0 Å². The van der Waals surface area contributed by atoms with Crippen LogP contribution >= 0.6 is 55.1 Å². The summed E-state index contributed by atoms with van der Waals surface area (Å²) < 4.78 is 2.00. The molecule has 0 saturated heterocycles. The fourth-order valence-electron chi connectivity index (χ4n) is 1.76. The van der Waals surface area contributed by atoms with Crippen LogP contribution in [0, 0.1) is 6.92 Å². The van der Waals surface area contributed by atoms with E-state index in [1.807, 2.05) is 43.3 Å². The molecule has 1 atom stereocenters. The van der Waals surface area contributed by atoms with E-state index in [1.54, 1.807) is 0 Å². The molecule has 0 bridgehead atoms. The monoisotopic (exact) mass is 406 g/mol. The Hall–Kier alpha value is -0.0200. The lowest BCUT2D eigenvalue weighted by atomic mass is 10.0. The molecule has 94 valence electrons. The first-order valence-corrected chi connectivity index (χ1v) is 7.74. The van der Waals surface area contributed by atoms with Crippen molar-refractivity contribution in [3.05, 3.63) is 67.1 Å². The summed E-state index contributed by atoms with van der Waals surface area (Å²) in [7, 11) is 0. The van der Waals surface area contributed by atoms with Crippen LogP contribution in [-0.4, -0.2) is 0 Å². The number of halogens is 4. The van der Waals surface area contributed by atoms with Crippen molar-refractivity contribution in [2.45, 2.75) is 12.3 Å². The molecule has 0 radical (unpaired) electrons. The van der Waals surface area contributed by atoms with Crippen molar-refractivity contribution in [3.8, 4) is 0 Å². The maximum Gasteiger partial charge on any atom is 0.0849 e. The van der Waals surface area contributed by atoms with Gasteiger partial charge in [-0.25, -0.2) is 0 Å².